The first-order chi connectivity index (χ1) is 8.88. The SMILES string of the molecule is COc1ccc(OCC=Cc2ccccc2)cc1. The largest absolute Gasteiger partial charge is 0.497 e. The molecule has 2 heteroatoms. The molecule has 0 atom stereocenters. The van der Waals surface area contributed by atoms with E-state index in [1.807, 2.05) is 54.6 Å². The number of hydrogen-bond donors (Lipinski definition) is 0. The van der Waals surface area contributed by atoms with Crippen LogP contribution in [-0.4, -0.2) is 13.7 Å². The molecule has 18 heavy (non-hydrogen) atoms. The first-order valence-electron chi connectivity index (χ1n) is 5.87. The Labute approximate surface area is 107 Å². The molecule has 2 aromatic rings. The number of hydrogen-bond acceptors (Lipinski definition) is 2. The zero-order chi connectivity index (χ0) is 12.6. The van der Waals surface area contributed by atoms with Crippen LogP contribution in [0.1, 0.15) is 5.56 Å². The fraction of sp³-hybridized carbons (Fsp3) is 0.125. The Hall–Kier alpha value is -2.22. The lowest BCUT2D eigenvalue weighted by Gasteiger charge is -2.04. The molecule has 0 spiro atoms. The molecular weight excluding hydrogens is 224 g/mol. The molecule has 0 aliphatic rings. The summed E-state index contributed by atoms with van der Waals surface area (Å²) in [6, 6.07) is 17.7. The Kier molecular flexibility index (Phi) is 4.42. The molecule has 0 amide bonds. The molecule has 0 aliphatic carbocycles. The first-order valence-corrected chi connectivity index (χ1v) is 5.87. The summed E-state index contributed by atoms with van der Waals surface area (Å²) in [5.74, 6) is 1.68. The second-order valence-corrected chi connectivity index (χ2v) is 3.80. The van der Waals surface area contributed by atoms with Crippen LogP contribution in [-0.2, 0) is 0 Å². The van der Waals surface area contributed by atoms with Crippen molar-refractivity contribution in [1.82, 2.24) is 0 Å². The molecule has 0 bridgehead atoms. The quantitative estimate of drug-likeness (QED) is 0.791. The Morgan fingerprint density at radius 1 is 0.889 bits per heavy atom. The number of rotatable bonds is 5. The lowest BCUT2D eigenvalue weighted by atomic mass is 10.2. The van der Waals surface area contributed by atoms with Gasteiger partial charge in [-0.05, 0) is 35.9 Å². The Balaban J connectivity index is 1.83. The van der Waals surface area contributed by atoms with Gasteiger partial charge < -0.3 is 9.47 Å². The molecule has 2 nitrogen and oxygen atoms in total. The topological polar surface area (TPSA) is 18.5 Å². The minimum atomic E-state index is 0.557. The van der Waals surface area contributed by atoms with Crippen molar-refractivity contribution >= 4 is 6.08 Å². The predicted molar refractivity (Wildman–Crippen MR) is 74.0 cm³/mol. The Morgan fingerprint density at radius 3 is 2.22 bits per heavy atom. The van der Waals surface area contributed by atoms with Crippen LogP contribution in [0, 0.1) is 0 Å². The van der Waals surface area contributed by atoms with Crippen LogP contribution in [0.2, 0.25) is 0 Å². The van der Waals surface area contributed by atoms with E-state index in [1.165, 1.54) is 5.56 Å². The lowest BCUT2D eigenvalue weighted by molar-refractivity contribution is 0.361. The van der Waals surface area contributed by atoms with Gasteiger partial charge in [0.15, 0.2) is 0 Å². The molecule has 0 radical (unpaired) electrons. The van der Waals surface area contributed by atoms with Crippen molar-refractivity contribution in [3.05, 3.63) is 66.2 Å². The zero-order valence-corrected chi connectivity index (χ0v) is 10.4. The van der Waals surface area contributed by atoms with Gasteiger partial charge in [0.25, 0.3) is 0 Å². The second-order valence-electron chi connectivity index (χ2n) is 3.80. The minimum absolute atomic E-state index is 0.557. The molecule has 0 unspecified atom stereocenters. The van der Waals surface area contributed by atoms with Crippen LogP contribution in [0.5, 0.6) is 11.5 Å². The number of ether oxygens (including phenoxy) is 2. The summed E-state index contributed by atoms with van der Waals surface area (Å²) in [5, 5.41) is 0. The highest BCUT2D eigenvalue weighted by atomic mass is 16.5. The molecule has 0 aliphatic heterocycles. The van der Waals surface area contributed by atoms with Crippen molar-refractivity contribution in [2.75, 3.05) is 13.7 Å². The molecule has 0 heterocycles. The highest BCUT2D eigenvalue weighted by Crippen LogP contribution is 2.16. The van der Waals surface area contributed by atoms with Gasteiger partial charge in [0.2, 0.25) is 0 Å². The van der Waals surface area contributed by atoms with Crippen molar-refractivity contribution in [1.29, 1.82) is 0 Å². The molecule has 0 saturated heterocycles. The van der Waals surface area contributed by atoms with E-state index in [-0.39, 0.29) is 0 Å². The van der Waals surface area contributed by atoms with E-state index in [4.69, 9.17) is 9.47 Å². The smallest absolute Gasteiger partial charge is 0.120 e. The van der Waals surface area contributed by atoms with E-state index in [9.17, 15) is 0 Å². The molecule has 0 fully saturated rings. The molecule has 92 valence electrons. The van der Waals surface area contributed by atoms with E-state index >= 15 is 0 Å². The fourth-order valence-electron chi connectivity index (χ4n) is 1.56. The van der Waals surface area contributed by atoms with Gasteiger partial charge in [-0.2, -0.15) is 0 Å². The van der Waals surface area contributed by atoms with Gasteiger partial charge >= 0.3 is 0 Å². The van der Waals surface area contributed by atoms with Gasteiger partial charge in [-0.1, -0.05) is 36.4 Å². The standard InChI is InChI=1S/C16H16O2/c1-17-15-9-11-16(12-10-15)18-13-5-8-14-6-3-2-4-7-14/h2-12H,13H2,1H3. The van der Waals surface area contributed by atoms with Crippen LogP contribution < -0.4 is 9.47 Å². The van der Waals surface area contributed by atoms with Crippen LogP contribution in [0.4, 0.5) is 0 Å². The predicted octanol–water partition coefficient (Wildman–Crippen LogP) is 3.79. The number of benzene rings is 2. The maximum absolute atomic E-state index is 5.58. The lowest BCUT2D eigenvalue weighted by Crippen LogP contribution is -1.93. The summed E-state index contributed by atoms with van der Waals surface area (Å²) in [5.41, 5.74) is 1.18. The van der Waals surface area contributed by atoms with Crippen molar-refractivity contribution in [3.8, 4) is 11.5 Å². The van der Waals surface area contributed by atoms with Crippen LogP contribution >= 0.6 is 0 Å². The normalized spacial score (nSPS) is 10.5. The summed E-state index contributed by atoms with van der Waals surface area (Å²) >= 11 is 0. The van der Waals surface area contributed by atoms with E-state index < -0.39 is 0 Å². The van der Waals surface area contributed by atoms with Crippen molar-refractivity contribution in [2.24, 2.45) is 0 Å². The van der Waals surface area contributed by atoms with Gasteiger partial charge in [0.05, 0.1) is 7.11 Å². The average Bonchev–Trinajstić information content (AvgIpc) is 2.45. The maximum Gasteiger partial charge on any atom is 0.120 e. The van der Waals surface area contributed by atoms with E-state index in [1.54, 1.807) is 7.11 Å². The first kappa shape index (κ1) is 12.2. The third-order valence-corrected chi connectivity index (χ3v) is 2.52. The molecule has 0 N–H and O–H groups in total. The molecular formula is C16H16O2. The molecule has 0 aromatic heterocycles. The van der Waals surface area contributed by atoms with E-state index in [2.05, 4.69) is 12.1 Å². The molecule has 2 aromatic carbocycles. The van der Waals surface area contributed by atoms with Gasteiger partial charge in [-0.3, -0.25) is 0 Å². The van der Waals surface area contributed by atoms with Gasteiger partial charge in [-0.25, -0.2) is 0 Å². The number of methoxy groups -OCH3 is 1. The zero-order valence-electron chi connectivity index (χ0n) is 10.4. The highest BCUT2D eigenvalue weighted by molar-refractivity contribution is 5.48. The van der Waals surface area contributed by atoms with Crippen molar-refractivity contribution in [2.45, 2.75) is 0 Å². The van der Waals surface area contributed by atoms with Crippen LogP contribution in [0.15, 0.2) is 60.7 Å². The van der Waals surface area contributed by atoms with Crippen molar-refractivity contribution < 1.29 is 9.47 Å². The molecule has 2 rings (SSSR count). The highest BCUT2D eigenvalue weighted by Gasteiger charge is 1.93. The van der Waals surface area contributed by atoms with Crippen LogP contribution in [0.25, 0.3) is 6.08 Å². The van der Waals surface area contributed by atoms with E-state index in [0.717, 1.165) is 11.5 Å². The third kappa shape index (κ3) is 3.67. The fourth-order valence-corrected chi connectivity index (χ4v) is 1.56. The molecule has 0 saturated carbocycles. The second kappa shape index (κ2) is 6.50. The summed E-state index contributed by atoms with van der Waals surface area (Å²) in [7, 11) is 1.65. The van der Waals surface area contributed by atoms with Crippen molar-refractivity contribution in [3.63, 3.8) is 0 Å². The third-order valence-electron chi connectivity index (χ3n) is 2.52. The Morgan fingerprint density at radius 2 is 1.56 bits per heavy atom. The minimum Gasteiger partial charge on any atom is -0.497 e. The summed E-state index contributed by atoms with van der Waals surface area (Å²) < 4.78 is 10.7. The summed E-state index contributed by atoms with van der Waals surface area (Å²) in [4.78, 5) is 0. The van der Waals surface area contributed by atoms with Gasteiger partial charge in [0, 0.05) is 0 Å². The summed E-state index contributed by atoms with van der Waals surface area (Å²) in [6.45, 7) is 0.557. The summed E-state index contributed by atoms with van der Waals surface area (Å²) in [6.07, 6.45) is 4.04. The monoisotopic (exact) mass is 240 g/mol. The van der Waals surface area contributed by atoms with Crippen LogP contribution in [0.3, 0.4) is 0 Å². The van der Waals surface area contributed by atoms with E-state index in [0.29, 0.717) is 6.61 Å². The maximum atomic E-state index is 5.58. The average molecular weight is 240 g/mol. The van der Waals surface area contributed by atoms with Gasteiger partial charge in [-0.15, -0.1) is 0 Å². The Bertz CT molecular complexity index is 486. The van der Waals surface area contributed by atoms with Gasteiger partial charge in [0.1, 0.15) is 18.1 Å².